The average Bonchev–Trinajstić information content (AvgIpc) is 2.54. The summed E-state index contributed by atoms with van der Waals surface area (Å²) in [6.45, 7) is 2.22. The summed E-state index contributed by atoms with van der Waals surface area (Å²) >= 11 is 0. The van der Waals surface area contributed by atoms with Crippen molar-refractivity contribution >= 4 is 11.6 Å². The fourth-order valence-electron chi connectivity index (χ4n) is 2.83. The maximum absolute atomic E-state index is 12.4. The van der Waals surface area contributed by atoms with Gasteiger partial charge in [-0.2, -0.15) is 5.26 Å². The third-order valence-corrected chi connectivity index (χ3v) is 4.29. The zero-order valence-corrected chi connectivity index (χ0v) is 13.3. The van der Waals surface area contributed by atoms with Crippen molar-refractivity contribution in [2.24, 2.45) is 11.8 Å². The van der Waals surface area contributed by atoms with Gasteiger partial charge in [0, 0.05) is 18.1 Å². The number of carbonyl (C=O) groups is 1. The van der Waals surface area contributed by atoms with Gasteiger partial charge in [0.05, 0.1) is 25.5 Å². The molecule has 1 fully saturated rings. The lowest BCUT2D eigenvalue weighted by Gasteiger charge is -2.25. The molecule has 1 saturated carbocycles. The van der Waals surface area contributed by atoms with E-state index in [-0.39, 0.29) is 11.8 Å². The van der Waals surface area contributed by atoms with Crippen LogP contribution in [-0.4, -0.2) is 20.1 Å². The van der Waals surface area contributed by atoms with E-state index < -0.39 is 0 Å². The second kappa shape index (κ2) is 7.17. The Balaban J connectivity index is 2.18. The van der Waals surface area contributed by atoms with Gasteiger partial charge in [-0.1, -0.05) is 6.92 Å². The molecule has 0 radical (unpaired) electrons. The Morgan fingerprint density at radius 1 is 1.18 bits per heavy atom. The number of hydrogen-bond acceptors (Lipinski definition) is 4. The Labute approximate surface area is 131 Å². The summed E-state index contributed by atoms with van der Waals surface area (Å²) in [6.07, 6.45) is 3.97. The summed E-state index contributed by atoms with van der Waals surface area (Å²) in [4.78, 5) is 12.4. The molecule has 0 heterocycles. The van der Waals surface area contributed by atoms with Crippen molar-refractivity contribution < 1.29 is 14.3 Å². The summed E-state index contributed by atoms with van der Waals surface area (Å²) in [7, 11) is 3.04. The lowest BCUT2D eigenvalue weighted by Crippen LogP contribution is -2.26. The number of methoxy groups -OCH3 is 2. The molecule has 1 aliphatic rings. The number of anilines is 1. The van der Waals surface area contributed by atoms with Gasteiger partial charge in [0.25, 0.3) is 0 Å². The van der Waals surface area contributed by atoms with Crippen LogP contribution < -0.4 is 14.8 Å². The highest BCUT2D eigenvalue weighted by molar-refractivity contribution is 5.94. The minimum Gasteiger partial charge on any atom is -0.493 e. The van der Waals surface area contributed by atoms with Gasteiger partial charge in [0.15, 0.2) is 11.5 Å². The third kappa shape index (κ3) is 3.51. The fourth-order valence-corrected chi connectivity index (χ4v) is 2.83. The van der Waals surface area contributed by atoms with E-state index in [4.69, 9.17) is 9.47 Å². The quantitative estimate of drug-likeness (QED) is 0.926. The van der Waals surface area contributed by atoms with Gasteiger partial charge in [-0.15, -0.1) is 0 Å². The lowest BCUT2D eigenvalue weighted by molar-refractivity contribution is -0.121. The summed E-state index contributed by atoms with van der Waals surface area (Å²) in [5.74, 6) is 1.67. The molecular formula is C17H22N2O3. The number of nitriles is 1. The van der Waals surface area contributed by atoms with Crippen molar-refractivity contribution in [2.75, 3.05) is 19.5 Å². The van der Waals surface area contributed by atoms with Gasteiger partial charge in [-0.05, 0) is 31.6 Å². The molecule has 1 amide bonds. The first-order valence-corrected chi connectivity index (χ1v) is 7.56. The van der Waals surface area contributed by atoms with Crippen molar-refractivity contribution in [3.8, 4) is 17.6 Å². The molecular weight excluding hydrogens is 280 g/mol. The fraction of sp³-hybridized carbons (Fsp3) is 0.529. The maximum Gasteiger partial charge on any atom is 0.227 e. The van der Waals surface area contributed by atoms with Gasteiger partial charge in [0.2, 0.25) is 5.91 Å². The second-order valence-electron chi connectivity index (χ2n) is 5.81. The number of ether oxygens (including phenoxy) is 2. The van der Waals surface area contributed by atoms with Crippen molar-refractivity contribution in [1.29, 1.82) is 5.26 Å². The van der Waals surface area contributed by atoms with Crippen molar-refractivity contribution in [3.05, 3.63) is 17.7 Å². The molecule has 0 aromatic heterocycles. The highest BCUT2D eigenvalue weighted by atomic mass is 16.5. The van der Waals surface area contributed by atoms with Crippen LogP contribution in [0.4, 0.5) is 5.69 Å². The van der Waals surface area contributed by atoms with Crippen molar-refractivity contribution in [1.82, 2.24) is 0 Å². The SMILES string of the molecule is COc1cc(C#N)c(NC(=O)C2CCC(C)CC2)cc1OC. The van der Waals surface area contributed by atoms with Gasteiger partial charge >= 0.3 is 0 Å². The Bertz CT molecular complexity index is 584. The van der Waals surface area contributed by atoms with Gasteiger partial charge in [-0.25, -0.2) is 0 Å². The molecule has 0 unspecified atom stereocenters. The van der Waals surface area contributed by atoms with Crippen LogP contribution in [0.2, 0.25) is 0 Å². The number of nitrogens with one attached hydrogen (secondary N) is 1. The standard InChI is InChI=1S/C17H22N2O3/c1-11-4-6-12(7-5-11)17(20)19-14-9-16(22-3)15(21-2)8-13(14)10-18/h8-9,11-12H,4-7H2,1-3H3,(H,19,20). The van der Waals surface area contributed by atoms with Crippen LogP contribution in [-0.2, 0) is 4.79 Å². The van der Waals surface area contributed by atoms with E-state index in [1.807, 2.05) is 0 Å². The van der Waals surface area contributed by atoms with Crippen LogP contribution in [0, 0.1) is 23.2 Å². The molecule has 5 nitrogen and oxygen atoms in total. The number of amides is 1. The van der Waals surface area contributed by atoms with E-state index in [1.165, 1.54) is 14.2 Å². The first kappa shape index (κ1) is 16.2. The van der Waals surface area contributed by atoms with E-state index in [0.717, 1.165) is 25.7 Å². The minimum absolute atomic E-state index is 0.0179. The maximum atomic E-state index is 12.4. The minimum atomic E-state index is -0.0179. The third-order valence-electron chi connectivity index (χ3n) is 4.29. The van der Waals surface area contributed by atoms with E-state index in [2.05, 4.69) is 18.3 Å². The molecule has 0 spiro atoms. The zero-order valence-electron chi connectivity index (χ0n) is 13.3. The van der Waals surface area contributed by atoms with Crippen LogP contribution >= 0.6 is 0 Å². The summed E-state index contributed by atoms with van der Waals surface area (Å²) in [5, 5.41) is 12.1. The van der Waals surface area contributed by atoms with Crippen LogP contribution in [0.25, 0.3) is 0 Å². The van der Waals surface area contributed by atoms with Crippen LogP contribution in [0.1, 0.15) is 38.2 Å². The summed E-state index contributed by atoms with van der Waals surface area (Å²) in [6, 6.07) is 5.31. The predicted molar refractivity (Wildman–Crippen MR) is 84.0 cm³/mol. The van der Waals surface area contributed by atoms with Gasteiger partial charge < -0.3 is 14.8 Å². The molecule has 22 heavy (non-hydrogen) atoms. The number of carbonyl (C=O) groups excluding carboxylic acids is 1. The monoisotopic (exact) mass is 302 g/mol. The molecule has 1 aromatic rings. The second-order valence-corrected chi connectivity index (χ2v) is 5.81. The number of nitrogens with zero attached hydrogens (tertiary/aromatic N) is 1. The van der Waals surface area contributed by atoms with E-state index in [0.29, 0.717) is 28.7 Å². The molecule has 0 bridgehead atoms. The van der Waals surface area contributed by atoms with Crippen LogP contribution in [0.15, 0.2) is 12.1 Å². The average molecular weight is 302 g/mol. The molecule has 0 aliphatic heterocycles. The van der Waals surface area contributed by atoms with E-state index >= 15 is 0 Å². The largest absolute Gasteiger partial charge is 0.493 e. The van der Waals surface area contributed by atoms with E-state index in [9.17, 15) is 10.1 Å². The normalized spacial score (nSPS) is 20.8. The molecule has 118 valence electrons. The van der Waals surface area contributed by atoms with Crippen molar-refractivity contribution in [2.45, 2.75) is 32.6 Å². The Morgan fingerprint density at radius 3 is 2.32 bits per heavy atom. The Kier molecular flexibility index (Phi) is 5.26. The summed E-state index contributed by atoms with van der Waals surface area (Å²) in [5.41, 5.74) is 0.846. The van der Waals surface area contributed by atoms with Crippen molar-refractivity contribution in [3.63, 3.8) is 0 Å². The predicted octanol–water partition coefficient (Wildman–Crippen LogP) is 3.34. The summed E-state index contributed by atoms with van der Waals surface area (Å²) < 4.78 is 10.4. The highest BCUT2D eigenvalue weighted by Crippen LogP contribution is 2.34. The topological polar surface area (TPSA) is 71.3 Å². The molecule has 1 N–H and O–H groups in total. The molecule has 0 saturated heterocycles. The molecule has 5 heteroatoms. The molecule has 1 aromatic carbocycles. The highest BCUT2D eigenvalue weighted by Gasteiger charge is 2.25. The van der Waals surface area contributed by atoms with Crippen LogP contribution in [0.3, 0.4) is 0 Å². The smallest absolute Gasteiger partial charge is 0.227 e. The first-order chi connectivity index (χ1) is 10.6. The van der Waals surface area contributed by atoms with Gasteiger partial charge in [-0.3, -0.25) is 4.79 Å². The van der Waals surface area contributed by atoms with E-state index in [1.54, 1.807) is 12.1 Å². The van der Waals surface area contributed by atoms with Gasteiger partial charge in [0.1, 0.15) is 6.07 Å². The Morgan fingerprint density at radius 2 is 1.77 bits per heavy atom. The molecule has 1 aliphatic carbocycles. The number of benzene rings is 1. The lowest BCUT2D eigenvalue weighted by atomic mass is 9.82. The number of hydrogen-bond donors (Lipinski definition) is 1. The van der Waals surface area contributed by atoms with Crippen LogP contribution in [0.5, 0.6) is 11.5 Å². The number of rotatable bonds is 4. The first-order valence-electron chi connectivity index (χ1n) is 7.56. The molecule has 2 rings (SSSR count). The Hall–Kier alpha value is -2.22. The zero-order chi connectivity index (χ0) is 16.1. The molecule has 0 atom stereocenters.